The topological polar surface area (TPSA) is 29.5 Å². The van der Waals surface area contributed by atoms with E-state index in [-0.39, 0.29) is 6.61 Å². The number of benzene rings is 1. The summed E-state index contributed by atoms with van der Waals surface area (Å²) in [5.74, 6) is 0. The zero-order valence-corrected chi connectivity index (χ0v) is 7.36. The third kappa shape index (κ3) is 3.53. The Kier molecular flexibility index (Phi) is 4.07. The van der Waals surface area contributed by atoms with Gasteiger partial charge in [0.05, 0.1) is 0 Å². The van der Waals surface area contributed by atoms with E-state index in [2.05, 4.69) is 4.74 Å². The van der Waals surface area contributed by atoms with Gasteiger partial charge in [-0.15, -0.1) is 0 Å². The summed E-state index contributed by atoms with van der Waals surface area (Å²) in [5, 5.41) is 9.43. The normalized spacial score (nSPS) is 11.9. The van der Waals surface area contributed by atoms with Crippen LogP contribution in [0.2, 0.25) is 0 Å². The molecule has 0 unspecified atom stereocenters. The maximum atomic E-state index is 11.5. The lowest BCUT2D eigenvalue weighted by Gasteiger charge is -2.09. The van der Waals surface area contributed by atoms with E-state index < -0.39 is 12.2 Å². The fourth-order valence-electron chi connectivity index (χ4n) is 0.974. The monoisotopic (exact) mass is 200 g/mol. The first-order valence-electron chi connectivity index (χ1n) is 4.06. The second-order valence-corrected chi connectivity index (χ2v) is 2.67. The summed E-state index contributed by atoms with van der Waals surface area (Å²) in [5.41, 5.74) is 0.639. The smallest absolute Gasteiger partial charge is 0.304 e. The maximum absolute atomic E-state index is 11.5. The van der Waals surface area contributed by atoms with Gasteiger partial charge in [-0.1, -0.05) is 30.3 Å². The minimum absolute atomic E-state index is 0.179. The van der Waals surface area contributed by atoms with Gasteiger partial charge < -0.3 is 9.84 Å². The molecule has 2 nitrogen and oxygen atoms in total. The van der Waals surface area contributed by atoms with Crippen LogP contribution in [0, 0.1) is 0 Å². The summed E-state index contributed by atoms with van der Waals surface area (Å²) < 4.78 is 27.5. The summed E-state index contributed by atoms with van der Waals surface area (Å²) >= 11 is 0. The highest BCUT2D eigenvalue weighted by atomic mass is 19.3. The molecule has 1 atom stereocenters. The maximum Gasteiger partial charge on any atom is 0.304 e. The molecule has 0 spiro atoms. The molecule has 76 valence electrons. The van der Waals surface area contributed by atoms with Gasteiger partial charge in [0.15, 0.2) is 0 Å². The molecule has 0 saturated carbocycles. The summed E-state index contributed by atoms with van der Waals surface area (Å²) in [6, 6.07) is 8.71. The average Bonchev–Trinajstić information content (AvgIpc) is 2.18. The lowest BCUT2D eigenvalue weighted by Crippen LogP contribution is -2.04. The highest BCUT2D eigenvalue weighted by molar-refractivity contribution is 5.17. The van der Waals surface area contributed by atoms with Gasteiger partial charge in [0.25, 0.3) is 0 Å². The van der Waals surface area contributed by atoms with E-state index in [9.17, 15) is 13.9 Å². The first-order chi connectivity index (χ1) is 6.70. The lowest BCUT2D eigenvalue weighted by molar-refractivity contribution is 0.0796. The molecule has 0 radical (unpaired) electrons. The van der Waals surface area contributed by atoms with Crippen molar-refractivity contribution < 1.29 is 18.6 Å². The third-order valence-electron chi connectivity index (χ3n) is 1.61. The zero-order chi connectivity index (χ0) is 10.4. The van der Waals surface area contributed by atoms with E-state index in [1.54, 1.807) is 30.3 Å². The molecule has 1 rings (SSSR count). The van der Waals surface area contributed by atoms with Crippen LogP contribution in [-0.4, -0.2) is 11.7 Å². The van der Waals surface area contributed by atoms with E-state index in [0.717, 1.165) is 0 Å². The highest BCUT2D eigenvalue weighted by Gasteiger charge is 2.06. The van der Waals surface area contributed by atoms with Crippen LogP contribution in [0.25, 0.3) is 0 Å². The molecule has 0 fully saturated rings. The summed E-state index contributed by atoms with van der Waals surface area (Å²) in [7, 11) is 0. The van der Waals surface area contributed by atoms with Crippen LogP contribution in [0.3, 0.4) is 0 Å². The Labute approximate surface area is 80.4 Å². The Hall–Kier alpha value is -1.42. The quantitative estimate of drug-likeness (QED) is 0.756. The SMILES string of the molecule is O[C@@H](COC=C(F)F)c1ccccc1. The van der Waals surface area contributed by atoms with Gasteiger partial charge in [0.2, 0.25) is 0 Å². The minimum atomic E-state index is -1.91. The number of ether oxygens (including phenoxy) is 1. The Balaban J connectivity index is 2.43. The van der Waals surface area contributed by atoms with E-state index >= 15 is 0 Å². The fourth-order valence-corrected chi connectivity index (χ4v) is 0.974. The van der Waals surface area contributed by atoms with Crippen molar-refractivity contribution in [2.24, 2.45) is 0 Å². The third-order valence-corrected chi connectivity index (χ3v) is 1.61. The molecular formula is C10H10F2O2. The van der Waals surface area contributed by atoms with E-state index in [0.29, 0.717) is 11.8 Å². The van der Waals surface area contributed by atoms with Crippen molar-refractivity contribution in [1.29, 1.82) is 0 Å². The minimum Gasteiger partial charge on any atom is -0.493 e. The molecule has 14 heavy (non-hydrogen) atoms. The van der Waals surface area contributed by atoms with Gasteiger partial charge in [-0.05, 0) is 5.56 Å². The van der Waals surface area contributed by atoms with Crippen LogP contribution in [0.1, 0.15) is 11.7 Å². The molecule has 4 heteroatoms. The molecule has 1 N–H and O–H groups in total. The standard InChI is InChI=1S/C10H10F2O2/c11-10(12)7-14-6-9(13)8-4-2-1-3-5-8/h1-5,7,9,13H,6H2/t9-/m0/s1. The molecule has 0 aliphatic heterocycles. The van der Waals surface area contributed by atoms with Crippen molar-refractivity contribution in [2.45, 2.75) is 6.10 Å². The largest absolute Gasteiger partial charge is 0.493 e. The molecule has 0 aliphatic carbocycles. The van der Waals surface area contributed by atoms with Crippen LogP contribution < -0.4 is 0 Å². The van der Waals surface area contributed by atoms with Gasteiger partial charge in [-0.2, -0.15) is 8.78 Å². The van der Waals surface area contributed by atoms with Gasteiger partial charge in [0, 0.05) is 0 Å². The second-order valence-electron chi connectivity index (χ2n) is 2.67. The lowest BCUT2D eigenvalue weighted by atomic mass is 10.1. The number of aliphatic hydroxyl groups excluding tert-OH is 1. The first-order valence-corrected chi connectivity index (χ1v) is 4.06. The molecule has 0 aromatic heterocycles. The number of hydrogen-bond acceptors (Lipinski definition) is 2. The Bertz CT molecular complexity index is 294. The molecule has 1 aromatic rings. The van der Waals surface area contributed by atoms with Crippen molar-refractivity contribution in [3.8, 4) is 0 Å². The number of halogens is 2. The second kappa shape index (κ2) is 5.34. The van der Waals surface area contributed by atoms with Crippen molar-refractivity contribution in [2.75, 3.05) is 6.61 Å². The highest BCUT2D eigenvalue weighted by Crippen LogP contribution is 2.12. The van der Waals surface area contributed by atoms with Crippen molar-refractivity contribution in [3.63, 3.8) is 0 Å². The van der Waals surface area contributed by atoms with Crippen molar-refractivity contribution in [1.82, 2.24) is 0 Å². The van der Waals surface area contributed by atoms with Crippen LogP contribution in [0.15, 0.2) is 42.7 Å². The van der Waals surface area contributed by atoms with Gasteiger partial charge in [0.1, 0.15) is 19.0 Å². The molecular weight excluding hydrogens is 190 g/mol. The molecule has 1 aromatic carbocycles. The van der Waals surface area contributed by atoms with Crippen molar-refractivity contribution >= 4 is 0 Å². The van der Waals surface area contributed by atoms with Crippen LogP contribution in [0.4, 0.5) is 8.78 Å². The number of rotatable bonds is 4. The van der Waals surface area contributed by atoms with Gasteiger partial charge in [-0.3, -0.25) is 0 Å². The molecule has 0 amide bonds. The van der Waals surface area contributed by atoms with Gasteiger partial charge in [-0.25, -0.2) is 0 Å². The molecule has 0 saturated heterocycles. The number of hydrogen-bond donors (Lipinski definition) is 1. The molecule has 0 bridgehead atoms. The average molecular weight is 200 g/mol. The Morgan fingerprint density at radius 2 is 2.00 bits per heavy atom. The Morgan fingerprint density at radius 1 is 1.36 bits per heavy atom. The van der Waals surface area contributed by atoms with E-state index in [1.807, 2.05) is 0 Å². The van der Waals surface area contributed by atoms with Gasteiger partial charge >= 0.3 is 6.08 Å². The molecule has 0 aliphatic rings. The van der Waals surface area contributed by atoms with E-state index in [1.165, 1.54) is 0 Å². The van der Waals surface area contributed by atoms with Crippen molar-refractivity contribution in [3.05, 3.63) is 48.2 Å². The predicted octanol–water partition coefficient (Wildman–Crippen LogP) is 2.47. The van der Waals surface area contributed by atoms with Crippen LogP contribution in [0.5, 0.6) is 0 Å². The zero-order valence-electron chi connectivity index (χ0n) is 7.36. The van der Waals surface area contributed by atoms with Crippen LogP contribution in [-0.2, 0) is 4.74 Å². The van der Waals surface area contributed by atoms with Crippen LogP contribution >= 0.6 is 0 Å². The number of aliphatic hydroxyl groups is 1. The Morgan fingerprint density at radius 3 is 2.57 bits per heavy atom. The summed E-state index contributed by atoms with van der Waals surface area (Å²) in [6.45, 7) is -0.179. The predicted molar refractivity (Wildman–Crippen MR) is 47.7 cm³/mol. The summed E-state index contributed by atoms with van der Waals surface area (Å²) in [4.78, 5) is 0. The fraction of sp³-hybridized carbons (Fsp3) is 0.200. The summed E-state index contributed by atoms with van der Waals surface area (Å²) in [6.07, 6.45) is -2.47. The molecule has 0 heterocycles. The first kappa shape index (κ1) is 10.7. The van der Waals surface area contributed by atoms with E-state index in [4.69, 9.17) is 0 Å².